The predicted molar refractivity (Wildman–Crippen MR) is 91.7 cm³/mol. The molecule has 0 aromatic heterocycles. The third-order valence-corrected chi connectivity index (χ3v) is 4.37. The first kappa shape index (κ1) is 18.8. The summed E-state index contributed by atoms with van der Waals surface area (Å²) in [4.78, 5) is 10.9. The largest absolute Gasteiger partial charge is 0.496 e. The molecule has 0 saturated carbocycles. The first-order valence-corrected chi connectivity index (χ1v) is 7.83. The van der Waals surface area contributed by atoms with E-state index in [0.29, 0.717) is 18.5 Å². The first-order chi connectivity index (χ1) is 10.1. The molecule has 1 amide bonds. The minimum atomic E-state index is -0.217. The minimum Gasteiger partial charge on any atom is -0.496 e. The highest BCUT2D eigenvalue weighted by molar-refractivity contribution is 5.85. The van der Waals surface area contributed by atoms with Gasteiger partial charge in [-0.2, -0.15) is 0 Å². The van der Waals surface area contributed by atoms with E-state index in [2.05, 4.69) is 24.4 Å². The number of rotatable bonds is 7. The molecule has 1 aromatic carbocycles. The molecule has 0 aliphatic heterocycles. The van der Waals surface area contributed by atoms with E-state index in [1.807, 2.05) is 6.07 Å². The molecule has 0 bridgehead atoms. The number of carbonyl (C=O) groups excluding carboxylic acids is 1. The summed E-state index contributed by atoms with van der Waals surface area (Å²) in [5, 5.41) is 3.69. The molecule has 2 atom stereocenters. The zero-order valence-corrected chi connectivity index (χ0v) is 14.2. The van der Waals surface area contributed by atoms with Crippen LogP contribution in [0.15, 0.2) is 18.2 Å². The Morgan fingerprint density at radius 3 is 2.91 bits per heavy atom. The van der Waals surface area contributed by atoms with Crippen LogP contribution in [0.25, 0.3) is 0 Å². The number of nitrogens with one attached hydrogen (secondary N) is 1. The molecule has 124 valence electrons. The third-order valence-electron chi connectivity index (χ3n) is 4.37. The average molecular weight is 327 g/mol. The van der Waals surface area contributed by atoms with Crippen LogP contribution in [0.2, 0.25) is 0 Å². The Morgan fingerprint density at radius 2 is 2.27 bits per heavy atom. The van der Waals surface area contributed by atoms with Crippen molar-refractivity contribution in [1.82, 2.24) is 5.32 Å². The summed E-state index contributed by atoms with van der Waals surface area (Å²) < 4.78 is 5.48. The molecule has 3 N–H and O–H groups in total. The number of fused-ring (bicyclic) bond motifs is 1. The standard InChI is InChI=1S/C17H26N2O2.ClH/c1-3-13(9-10-17(18)20)19-14-8-7-12-5-4-6-16(21-2)15(12)11-14;/h4-6,13-14,19H,3,7-11H2,1-2H3,(H2,18,20);1H. The summed E-state index contributed by atoms with van der Waals surface area (Å²) in [6.45, 7) is 2.15. The van der Waals surface area contributed by atoms with E-state index in [-0.39, 0.29) is 18.3 Å². The van der Waals surface area contributed by atoms with Crippen LogP contribution in [0.4, 0.5) is 0 Å². The van der Waals surface area contributed by atoms with Gasteiger partial charge in [-0.05, 0) is 49.3 Å². The van der Waals surface area contributed by atoms with Gasteiger partial charge in [0.15, 0.2) is 0 Å². The molecule has 2 rings (SSSR count). The Labute approximate surface area is 139 Å². The van der Waals surface area contributed by atoms with E-state index in [9.17, 15) is 4.79 Å². The maximum Gasteiger partial charge on any atom is 0.217 e. The second-order valence-electron chi connectivity index (χ2n) is 5.81. The highest BCUT2D eigenvalue weighted by atomic mass is 35.5. The number of nitrogens with two attached hydrogens (primary N) is 1. The number of carbonyl (C=O) groups is 1. The van der Waals surface area contributed by atoms with Crippen molar-refractivity contribution in [2.24, 2.45) is 5.73 Å². The Balaban J connectivity index is 0.00000242. The number of halogens is 1. The number of hydrogen-bond acceptors (Lipinski definition) is 3. The van der Waals surface area contributed by atoms with Gasteiger partial charge >= 0.3 is 0 Å². The summed E-state index contributed by atoms with van der Waals surface area (Å²) in [6, 6.07) is 7.10. The average Bonchev–Trinajstić information content (AvgIpc) is 2.50. The Bertz CT molecular complexity index is 479. The van der Waals surface area contributed by atoms with Crippen molar-refractivity contribution in [2.75, 3.05) is 7.11 Å². The van der Waals surface area contributed by atoms with Crippen molar-refractivity contribution in [3.05, 3.63) is 29.3 Å². The van der Waals surface area contributed by atoms with Crippen molar-refractivity contribution < 1.29 is 9.53 Å². The van der Waals surface area contributed by atoms with Gasteiger partial charge in [0.1, 0.15) is 5.75 Å². The Morgan fingerprint density at radius 1 is 1.50 bits per heavy atom. The molecule has 0 fully saturated rings. The van der Waals surface area contributed by atoms with E-state index < -0.39 is 0 Å². The molecule has 4 nitrogen and oxygen atoms in total. The molecule has 1 aromatic rings. The van der Waals surface area contributed by atoms with Gasteiger partial charge in [0.2, 0.25) is 5.91 Å². The molecule has 1 aliphatic carbocycles. The maximum atomic E-state index is 10.9. The summed E-state index contributed by atoms with van der Waals surface area (Å²) in [5.74, 6) is 0.773. The minimum absolute atomic E-state index is 0. The van der Waals surface area contributed by atoms with E-state index in [0.717, 1.165) is 37.9 Å². The smallest absolute Gasteiger partial charge is 0.217 e. The molecule has 1 aliphatic rings. The second-order valence-corrected chi connectivity index (χ2v) is 5.81. The fraction of sp³-hybridized carbons (Fsp3) is 0.588. The van der Waals surface area contributed by atoms with Crippen molar-refractivity contribution >= 4 is 18.3 Å². The van der Waals surface area contributed by atoms with Crippen molar-refractivity contribution in [2.45, 2.75) is 57.5 Å². The summed E-state index contributed by atoms with van der Waals surface area (Å²) in [7, 11) is 1.73. The van der Waals surface area contributed by atoms with Crippen LogP contribution < -0.4 is 15.8 Å². The molecule has 22 heavy (non-hydrogen) atoms. The predicted octanol–water partition coefficient (Wildman–Crippen LogP) is 2.61. The van der Waals surface area contributed by atoms with Gasteiger partial charge in [-0.25, -0.2) is 0 Å². The molecule has 5 heteroatoms. The number of benzene rings is 1. The first-order valence-electron chi connectivity index (χ1n) is 7.83. The summed E-state index contributed by atoms with van der Waals surface area (Å²) >= 11 is 0. The van der Waals surface area contributed by atoms with Crippen LogP contribution in [0.3, 0.4) is 0 Å². The van der Waals surface area contributed by atoms with Crippen LogP contribution in [-0.4, -0.2) is 25.1 Å². The lowest BCUT2D eigenvalue weighted by molar-refractivity contribution is -0.118. The topological polar surface area (TPSA) is 64.4 Å². The molecule has 0 radical (unpaired) electrons. The van der Waals surface area contributed by atoms with Gasteiger partial charge in [0.25, 0.3) is 0 Å². The SMILES string of the molecule is CCC(CCC(N)=O)NC1CCc2cccc(OC)c2C1.Cl. The molecule has 0 saturated heterocycles. The zero-order chi connectivity index (χ0) is 15.2. The third kappa shape index (κ3) is 4.89. The molecule has 2 unspecified atom stereocenters. The van der Waals surface area contributed by atoms with Gasteiger partial charge in [-0.1, -0.05) is 19.1 Å². The second kappa shape index (κ2) is 9.01. The normalized spacial score (nSPS) is 18.0. The monoisotopic (exact) mass is 326 g/mol. The molecular formula is C17H27ClN2O2. The lowest BCUT2D eigenvalue weighted by Crippen LogP contribution is -2.41. The maximum absolute atomic E-state index is 10.9. The van der Waals surface area contributed by atoms with E-state index in [1.165, 1.54) is 11.1 Å². The number of hydrogen-bond donors (Lipinski definition) is 2. The van der Waals surface area contributed by atoms with Crippen LogP contribution in [-0.2, 0) is 17.6 Å². The Hall–Kier alpha value is -1.26. The van der Waals surface area contributed by atoms with Crippen molar-refractivity contribution in [1.29, 1.82) is 0 Å². The number of amides is 1. The zero-order valence-electron chi connectivity index (χ0n) is 13.4. The van der Waals surface area contributed by atoms with E-state index >= 15 is 0 Å². The highest BCUT2D eigenvalue weighted by Gasteiger charge is 2.23. The van der Waals surface area contributed by atoms with Gasteiger partial charge in [-0.3, -0.25) is 4.79 Å². The molecular weight excluding hydrogens is 300 g/mol. The summed E-state index contributed by atoms with van der Waals surface area (Å²) in [5.41, 5.74) is 7.97. The van der Waals surface area contributed by atoms with Gasteiger partial charge < -0.3 is 15.8 Å². The fourth-order valence-corrected chi connectivity index (χ4v) is 3.14. The summed E-state index contributed by atoms with van der Waals surface area (Å²) in [6.07, 6.45) is 5.50. The fourth-order valence-electron chi connectivity index (χ4n) is 3.14. The van der Waals surface area contributed by atoms with Gasteiger partial charge in [0.05, 0.1) is 7.11 Å². The van der Waals surface area contributed by atoms with Crippen LogP contribution in [0, 0.1) is 0 Å². The lowest BCUT2D eigenvalue weighted by Gasteiger charge is -2.30. The number of methoxy groups -OCH3 is 1. The van der Waals surface area contributed by atoms with Crippen molar-refractivity contribution in [3.8, 4) is 5.75 Å². The van der Waals surface area contributed by atoms with Crippen LogP contribution >= 0.6 is 12.4 Å². The van der Waals surface area contributed by atoms with Crippen LogP contribution in [0.1, 0.15) is 43.7 Å². The van der Waals surface area contributed by atoms with Gasteiger partial charge in [0, 0.05) is 18.5 Å². The highest BCUT2D eigenvalue weighted by Crippen LogP contribution is 2.29. The number of primary amides is 1. The quantitative estimate of drug-likeness (QED) is 0.809. The molecule has 0 heterocycles. The van der Waals surface area contributed by atoms with E-state index in [1.54, 1.807) is 7.11 Å². The number of aryl methyl sites for hydroxylation is 1. The van der Waals surface area contributed by atoms with E-state index in [4.69, 9.17) is 10.5 Å². The number of ether oxygens (including phenoxy) is 1. The van der Waals surface area contributed by atoms with Gasteiger partial charge in [-0.15, -0.1) is 12.4 Å². The lowest BCUT2D eigenvalue weighted by atomic mass is 9.87. The van der Waals surface area contributed by atoms with Crippen molar-refractivity contribution in [3.63, 3.8) is 0 Å². The van der Waals surface area contributed by atoms with Crippen LogP contribution in [0.5, 0.6) is 5.75 Å². The Kier molecular flexibility index (Phi) is 7.69. The molecule has 0 spiro atoms.